The first-order valence-corrected chi connectivity index (χ1v) is 5.95. The van der Waals surface area contributed by atoms with E-state index in [1.165, 1.54) is 32.1 Å². The van der Waals surface area contributed by atoms with Gasteiger partial charge >= 0.3 is 0 Å². The third kappa shape index (κ3) is 8.09. The molecular formula is C12H25NO. The van der Waals surface area contributed by atoms with Crippen LogP contribution in [0.3, 0.4) is 0 Å². The minimum absolute atomic E-state index is 0.0880. The van der Waals surface area contributed by atoms with Crippen molar-refractivity contribution >= 4 is 5.91 Å². The van der Waals surface area contributed by atoms with E-state index in [1.54, 1.807) is 6.92 Å². The van der Waals surface area contributed by atoms with Gasteiger partial charge in [0.25, 0.3) is 0 Å². The minimum Gasteiger partial charge on any atom is -0.356 e. The molecule has 0 spiro atoms. The van der Waals surface area contributed by atoms with E-state index in [4.69, 9.17) is 0 Å². The van der Waals surface area contributed by atoms with Crippen molar-refractivity contribution < 1.29 is 4.79 Å². The highest BCUT2D eigenvalue weighted by Gasteiger charge is 2.02. The zero-order chi connectivity index (χ0) is 10.8. The van der Waals surface area contributed by atoms with E-state index in [9.17, 15) is 4.79 Å². The van der Waals surface area contributed by atoms with Crippen LogP contribution in [0.5, 0.6) is 0 Å². The van der Waals surface area contributed by atoms with Crippen molar-refractivity contribution in [3.63, 3.8) is 0 Å². The molecule has 0 atom stereocenters. The fraction of sp³-hybridized carbons (Fsp3) is 0.917. The Kier molecular flexibility index (Phi) is 8.70. The van der Waals surface area contributed by atoms with Crippen LogP contribution >= 0.6 is 0 Å². The molecule has 1 N–H and O–H groups in total. The van der Waals surface area contributed by atoms with Gasteiger partial charge in [-0.3, -0.25) is 4.79 Å². The largest absolute Gasteiger partial charge is 0.356 e. The summed E-state index contributed by atoms with van der Waals surface area (Å²) in [4.78, 5) is 10.6. The lowest BCUT2D eigenvalue weighted by molar-refractivity contribution is -0.118. The SMILES string of the molecule is CCC(CC)CCCCCNC(C)=O. The Morgan fingerprint density at radius 2 is 1.79 bits per heavy atom. The molecule has 14 heavy (non-hydrogen) atoms. The molecule has 0 bridgehead atoms. The average molecular weight is 199 g/mol. The van der Waals surface area contributed by atoms with E-state index in [0.29, 0.717) is 0 Å². The number of unbranched alkanes of at least 4 members (excludes halogenated alkanes) is 2. The number of carbonyl (C=O) groups is 1. The van der Waals surface area contributed by atoms with Crippen LogP contribution in [0.4, 0.5) is 0 Å². The molecule has 0 heterocycles. The Morgan fingerprint density at radius 1 is 1.14 bits per heavy atom. The van der Waals surface area contributed by atoms with E-state index in [2.05, 4.69) is 19.2 Å². The molecule has 0 aliphatic heterocycles. The number of carbonyl (C=O) groups excluding carboxylic acids is 1. The molecule has 0 aliphatic rings. The molecule has 0 aliphatic carbocycles. The summed E-state index contributed by atoms with van der Waals surface area (Å²) in [5, 5.41) is 2.82. The molecule has 0 rings (SSSR count). The second-order valence-electron chi connectivity index (χ2n) is 4.01. The van der Waals surface area contributed by atoms with Crippen LogP contribution in [0, 0.1) is 5.92 Å². The number of hydrogen-bond donors (Lipinski definition) is 1. The molecule has 2 nitrogen and oxygen atoms in total. The Labute approximate surface area is 88.5 Å². The lowest BCUT2D eigenvalue weighted by atomic mass is 9.96. The quantitative estimate of drug-likeness (QED) is 0.598. The zero-order valence-electron chi connectivity index (χ0n) is 9.94. The van der Waals surface area contributed by atoms with Crippen LogP contribution in [0.2, 0.25) is 0 Å². The molecule has 0 aromatic carbocycles. The maximum absolute atomic E-state index is 10.6. The molecule has 1 amide bonds. The topological polar surface area (TPSA) is 29.1 Å². The van der Waals surface area contributed by atoms with Crippen molar-refractivity contribution in [3.8, 4) is 0 Å². The van der Waals surface area contributed by atoms with Gasteiger partial charge in [-0.2, -0.15) is 0 Å². The summed E-state index contributed by atoms with van der Waals surface area (Å²) in [6, 6.07) is 0. The monoisotopic (exact) mass is 199 g/mol. The van der Waals surface area contributed by atoms with Gasteiger partial charge in [0, 0.05) is 13.5 Å². The van der Waals surface area contributed by atoms with Gasteiger partial charge in [0.1, 0.15) is 0 Å². The highest BCUT2D eigenvalue weighted by atomic mass is 16.1. The first-order chi connectivity index (χ1) is 6.70. The van der Waals surface area contributed by atoms with Gasteiger partial charge in [-0.15, -0.1) is 0 Å². The number of amides is 1. The minimum atomic E-state index is 0.0880. The highest BCUT2D eigenvalue weighted by Crippen LogP contribution is 2.16. The molecular weight excluding hydrogens is 174 g/mol. The Bertz CT molecular complexity index is 141. The molecule has 0 aromatic rings. The predicted molar refractivity (Wildman–Crippen MR) is 61.2 cm³/mol. The van der Waals surface area contributed by atoms with Crippen molar-refractivity contribution in [2.24, 2.45) is 5.92 Å². The van der Waals surface area contributed by atoms with E-state index in [0.717, 1.165) is 18.9 Å². The van der Waals surface area contributed by atoms with Crippen LogP contribution in [-0.4, -0.2) is 12.5 Å². The summed E-state index contributed by atoms with van der Waals surface area (Å²) >= 11 is 0. The Balaban J connectivity index is 3.16. The lowest BCUT2D eigenvalue weighted by Crippen LogP contribution is -2.20. The summed E-state index contributed by atoms with van der Waals surface area (Å²) in [6.07, 6.45) is 7.65. The second kappa shape index (κ2) is 9.04. The van der Waals surface area contributed by atoms with Crippen molar-refractivity contribution in [1.82, 2.24) is 5.32 Å². The summed E-state index contributed by atoms with van der Waals surface area (Å²) in [5.41, 5.74) is 0. The molecule has 0 aromatic heterocycles. The third-order valence-corrected chi connectivity index (χ3v) is 2.82. The number of rotatable bonds is 8. The van der Waals surface area contributed by atoms with Crippen molar-refractivity contribution in [2.75, 3.05) is 6.54 Å². The van der Waals surface area contributed by atoms with Crippen LogP contribution in [0.1, 0.15) is 59.3 Å². The molecule has 0 radical (unpaired) electrons. The zero-order valence-corrected chi connectivity index (χ0v) is 9.94. The molecule has 84 valence electrons. The van der Waals surface area contributed by atoms with Gasteiger partial charge in [0.2, 0.25) is 5.91 Å². The number of nitrogens with one attached hydrogen (secondary N) is 1. The van der Waals surface area contributed by atoms with E-state index in [-0.39, 0.29) is 5.91 Å². The fourth-order valence-electron chi connectivity index (χ4n) is 1.70. The standard InChI is InChI=1S/C12H25NO/c1-4-12(5-2)9-7-6-8-10-13-11(3)14/h12H,4-10H2,1-3H3,(H,13,14). The van der Waals surface area contributed by atoms with Crippen LogP contribution in [0.25, 0.3) is 0 Å². The first-order valence-electron chi connectivity index (χ1n) is 5.95. The predicted octanol–water partition coefficient (Wildman–Crippen LogP) is 3.12. The van der Waals surface area contributed by atoms with Gasteiger partial charge in [-0.05, 0) is 12.3 Å². The van der Waals surface area contributed by atoms with Gasteiger partial charge in [0.15, 0.2) is 0 Å². The Hall–Kier alpha value is -0.530. The van der Waals surface area contributed by atoms with Gasteiger partial charge in [0.05, 0.1) is 0 Å². The van der Waals surface area contributed by atoms with Crippen LogP contribution in [-0.2, 0) is 4.79 Å². The molecule has 2 heteroatoms. The van der Waals surface area contributed by atoms with Crippen LogP contribution in [0.15, 0.2) is 0 Å². The average Bonchev–Trinajstić information content (AvgIpc) is 2.16. The first kappa shape index (κ1) is 13.5. The molecule has 0 saturated carbocycles. The molecule has 0 unspecified atom stereocenters. The number of hydrogen-bond acceptors (Lipinski definition) is 1. The van der Waals surface area contributed by atoms with Crippen molar-refractivity contribution in [1.29, 1.82) is 0 Å². The van der Waals surface area contributed by atoms with Crippen molar-refractivity contribution in [3.05, 3.63) is 0 Å². The third-order valence-electron chi connectivity index (χ3n) is 2.82. The molecule has 0 fully saturated rings. The molecule has 0 saturated heterocycles. The van der Waals surface area contributed by atoms with E-state index in [1.807, 2.05) is 0 Å². The summed E-state index contributed by atoms with van der Waals surface area (Å²) in [6.45, 7) is 6.96. The summed E-state index contributed by atoms with van der Waals surface area (Å²) < 4.78 is 0. The van der Waals surface area contributed by atoms with Gasteiger partial charge < -0.3 is 5.32 Å². The Morgan fingerprint density at radius 3 is 2.29 bits per heavy atom. The van der Waals surface area contributed by atoms with E-state index < -0.39 is 0 Å². The van der Waals surface area contributed by atoms with Gasteiger partial charge in [-0.25, -0.2) is 0 Å². The lowest BCUT2D eigenvalue weighted by Gasteiger charge is -2.11. The second-order valence-corrected chi connectivity index (χ2v) is 4.01. The van der Waals surface area contributed by atoms with Crippen LogP contribution < -0.4 is 5.32 Å². The smallest absolute Gasteiger partial charge is 0.216 e. The fourth-order valence-corrected chi connectivity index (χ4v) is 1.70. The maximum atomic E-state index is 10.6. The van der Waals surface area contributed by atoms with Crippen molar-refractivity contribution in [2.45, 2.75) is 59.3 Å². The highest BCUT2D eigenvalue weighted by molar-refractivity contribution is 5.72. The summed E-state index contributed by atoms with van der Waals surface area (Å²) in [5.74, 6) is 1.00. The normalized spacial score (nSPS) is 10.6. The van der Waals surface area contributed by atoms with Gasteiger partial charge in [-0.1, -0.05) is 46.0 Å². The summed E-state index contributed by atoms with van der Waals surface area (Å²) in [7, 11) is 0. The maximum Gasteiger partial charge on any atom is 0.216 e. The van der Waals surface area contributed by atoms with E-state index >= 15 is 0 Å².